The second kappa shape index (κ2) is 5.85. The number of likely N-dealkylation sites (N-methyl/N-ethyl adjacent to an activating group) is 1. The van der Waals surface area contributed by atoms with Gasteiger partial charge in [-0.25, -0.2) is 0 Å². The van der Waals surface area contributed by atoms with Crippen LogP contribution in [0.2, 0.25) is 0 Å². The van der Waals surface area contributed by atoms with Crippen LogP contribution in [0, 0.1) is 5.92 Å². The quantitative estimate of drug-likeness (QED) is 0.707. The van der Waals surface area contributed by atoms with Gasteiger partial charge in [0.2, 0.25) is 0 Å². The molecule has 3 heteroatoms. The molecular formula is C22H23N3. The molecular weight excluding hydrogens is 306 g/mol. The lowest BCUT2D eigenvalue weighted by molar-refractivity contribution is 0.386. The number of pyridine rings is 1. The van der Waals surface area contributed by atoms with E-state index in [1.807, 2.05) is 12.3 Å². The van der Waals surface area contributed by atoms with E-state index in [1.165, 1.54) is 48.3 Å². The topological polar surface area (TPSA) is 19.4 Å². The van der Waals surface area contributed by atoms with Gasteiger partial charge in [-0.05, 0) is 49.2 Å². The van der Waals surface area contributed by atoms with Crippen molar-refractivity contribution in [2.75, 3.05) is 31.6 Å². The largest absolute Gasteiger partial charge is 0.367 e. The first-order valence-corrected chi connectivity index (χ1v) is 9.18. The number of rotatable bonds is 2. The summed E-state index contributed by atoms with van der Waals surface area (Å²) in [5, 5.41) is 1.19. The van der Waals surface area contributed by atoms with Crippen molar-refractivity contribution < 1.29 is 0 Å². The van der Waals surface area contributed by atoms with Gasteiger partial charge < -0.3 is 9.80 Å². The first-order chi connectivity index (χ1) is 12.3. The Kier molecular flexibility index (Phi) is 3.49. The maximum atomic E-state index is 4.59. The third-order valence-electron chi connectivity index (χ3n) is 5.85. The Hall–Kier alpha value is -2.39. The van der Waals surface area contributed by atoms with Gasteiger partial charge in [0.1, 0.15) is 0 Å². The predicted octanol–water partition coefficient (Wildman–Crippen LogP) is 4.04. The van der Waals surface area contributed by atoms with Crippen LogP contribution in [0.15, 0.2) is 60.8 Å². The van der Waals surface area contributed by atoms with Crippen LogP contribution in [0.4, 0.5) is 5.69 Å². The molecule has 0 N–H and O–H groups in total. The Morgan fingerprint density at radius 3 is 2.68 bits per heavy atom. The van der Waals surface area contributed by atoms with E-state index < -0.39 is 0 Å². The normalized spacial score (nSPS) is 23.3. The SMILES string of the molecule is CN1C[C@H]2CCN(c3ccc(-c4cnc5ccccc5c4)cc3)[C@H]2C1. The minimum absolute atomic E-state index is 0.693. The van der Waals surface area contributed by atoms with E-state index >= 15 is 0 Å². The summed E-state index contributed by atoms with van der Waals surface area (Å²) in [5.74, 6) is 0.842. The van der Waals surface area contributed by atoms with Crippen molar-refractivity contribution in [3.8, 4) is 11.1 Å². The molecule has 5 rings (SSSR count). The molecule has 0 spiro atoms. The molecule has 3 nitrogen and oxygen atoms in total. The number of hydrogen-bond acceptors (Lipinski definition) is 3. The Morgan fingerprint density at radius 1 is 0.960 bits per heavy atom. The first-order valence-electron chi connectivity index (χ1n) is 9.18. The van der Waals surface area contributed by atoms with Crippen LogP contribution in [0.5, 0.6) is 0 Å². The molecule has 0 amide bonds. The lowest BCUT2D eigenvalue weighted by Gasteiger charge is -2.26. The third kappa shape index (κ3) is 2.59. The van der Waals surface area contributed by atoms with Gasteiger partial charge in [-0.3, -0.25) is 4.98 Å². The van der Waals surface area contributed by atoms with E-state index in [0.717, 1.165) is 11.4 Å². The van der Waals surface area contributed by atoms with Crippen molar-refractivity contribution in [1.82, 2.24) is 9.88 Å². The minimum atomic E-state index is 0.693. The van der Waals surface area contributed by atoms with Gasteiger partial charge in [-0.2, -0.15) is 0 Å². The number of fused-ring (bicyclic) bond motifs is 2. The van der Waals surface area contributed by atoms with Gasteiger partial charge in [0.25, 0.3) is 0 Å². The average Bonchev–Trinajstić information content (AvgIpc) is 3.20. The number of benzene rings is 2. The highest BCUT2D eigenvalue weighted by atomic mass is 15.3. The molecule has 2 saturated heterocycles. The summed E-state index contributed by atoms with van der Waals surface area (Å²) in [6, 6.07) is 20.3. The number of para-hydroxylation sites is 1. The summed E-state index contributed by atoms with van der Waals surface area (Å²) in [5.41, 5.74) is 4.84. The number of likely N-dealkylation sites (tertiary alicyclic amines) is 1. The van der Waals surface area contributed by atoms with Crippen molar-refractivity contribution in [3.63, 3.8) is 0 Å². The van der Waals surface area contributed by atoms with Crippen LogP contribution in [0.25, 0.3) is 22.0 Å². The lowest BCUT2D eigenvalue weighted by Crippen LogP contribution is -2.34. The second-order valence-corrected chi connectivity index (χ2v) is 7.49. The van der Waals surface area contributed by atoms with Crippen LogP contribution >= 0.6 is 0 Å². The summed E-state index contributed by atoms with van der Waals surface area (Å²) in [6.45, 7) is 3.64. The van der Waals surface area contributed by atoms with Crippen molar-refractivity contribution in [3.05, 3.63) is 60.8 Å². The summed E-state index contributed by atoms with van der Waals surface area (Å²) in [4.78, 5) is 9.67. The molecule has 2 fully saturated rings. The van der Waals surface area contributed by atoms with Crippen LogP contribution in [0.3, 0.4) is 0 Å². The van der Waals surface area contributed by atoms with Gasteiger partial charge in [-0.15, -0.1) is 0 Å². The molecule has 0 radical (unpaired) electrons. The Bertz CT molecular complexity index is 903. The maximum absolute atomic E-state index is 4.59. The molecule has 126 valence electrons. The zero-order chi connectivity index (χ0) is 16.8. The molecule has 25 heavy (non-hydrogen) atoms. The molecule has 3 heterocycles. The minimum Gasteiger partial charge on any atom is -0.367 e. The van der Waals surface area contributed by atoms with Crippen molar-refractivity contribution in [2.45, 2.75) is 12.5 Å². The molecule has 0 aliphatic carbocycles. The fourth-order valence-corrected chi connectivity index (χ4v) is 4.57. The maximum Gasteiger partial charge on any atom is 0.0702 e. The van der Waals surface area contributed by atoms with Gasteiger partial charge in [0.15, 0.2) is 0 Å². The van der Waals surface area contributed by atoms with Crippen molar-refractivity contribution in [2.24, 2.45) is 5.92 Å². The summed E-state index contributed by atoms with van der Waals surface area (Å²) < 4.78 is 0. The van der Waals surface area contributed by atoms with E-state index in [1.54, 1.807) is 0 Å². The van der Waals surface area contributed by atoms with Crippen LogP contribution in [-0.4, -0.2) is 42.6 Å². The smallest absolute Gasteiger partial charge is 0.0702 e. The highest BCUT2D eigenvalue weighted by Crippen LogP contribution is 2.35. The zero-order valence-corrected chi connectivity index (χ0v) is 14.6. The van der Waals surface area contributed by atoms with E-state index in [9.17, 15) is 0 Å². The first kappa shape index (κ1) is 14.9. The molecule has 2 aromatic carbocycles. The van der Waals surface area contributed by atoms with E-state index in [4.69, 9.17) is 0 Å². The highest BCUT2D eigenvalue weighted by molar-refractivity contribution is 5.83. The zero-order valence-electron chi connectivity index (χ0n) is 14.6. The number of nitrogens with zero attached hydrogens (tertiary/aromatic N) is 3. The molecule has 3 aromatic rings. The van der Waals surface area contributed by atoms with Crippen LogP contribution in [-0.2, 0) is 0 Å². The van der Waals surface area contributed by atoms with Gasteiger partial charge in [-0.1, -0.05) is 30.3 Å². The fraction of sp³-hybridized carbons (Fsp3) is 0.318. The second-order valence-electron chi connectivity index (χ2n) is 7.49. The predicted molar refractivity (Wildman–Crippen MR) is 104 cm³/mol. The molecule has 0 saturated carbocycles. The summed E-state index contributed by atoms with van der Waals surface area (Å²) >= 11 is 0. The third-order valence-corrected chi connectivity index (χ3v) is 5.85. The van der Waals surface area contributed by atoms with Gasteiger partial charge in [0, 0.05) is 48.5 Å². The lowest BCUT2D eigenvalue weighted by atomic mass is 10.0. The Morgan fingerprint density at radius 2 is 1.80 bits per heavy atom. The molecule has 0 unspecified atom stereocenters. The fourth-order valence-electron chi connectivity index (χ4n) is 4.57. The number of aromatic nitrogens is 1. The van der Waals surface area contributed by atoms with E-state index in [2.05, 4.69) is 70.4 Å². The highest BCUT2D eigenvalue weighted by Gasteiger charge is 2.39. The molecule has 0 bridgehead atoms. The summed E-state index contributed by atoms with van der Waals surface area (Å²) in [7, 11) is 2.24. The average molecular weight is 329 g/mol. The van der Waals surface area contributed by atoms with E-state index in [-0.39, 0.29) is 0 Å². The molecule has 2 aliphatic heterocycles. The van der Waals surface area contributed by atoms with Crippen LogP contribution in [0.1, 0.15) is 6.42 Å². The Balaban J connectivity index is 1.43. The number of hydrogen-bond donors (Lipinski definition) is 0. The van der Waals surface area contributed by atoms with E-state index in [0.29, 0.717) is 6.04 Å². The number of anilines is 1. The molecule has 2 aliphatic rings. The van der Waals surface area contributed by atoms with Gasteiger partial charge >= 0.3 is 0 Å². The van der Waals surface area contributed by atoms with Crippen molar-refractivity contribution >= 4 is 16.6 Å². The van der Waals surface area contributed by atoms with Gasteiger partial charge in [0.05, 0.1) is 5.52 Å². The van der Waals surface area contributed by atoms with Crippen LogP contribution < -0.4 is 4.90 Å². The summed E-state index contributed by atoms with van der Waals surface area (Å²) in [6.07, 6.45) is 3.31. The Labute approximate surface area is 148 Å². The standard InChI is InChI=1S/C22H23N3/c1-24-14-18-10-11-25(22(18)15-24)20-8-6-16(7-9-20)19-12-17-4-2-3-5-21(17)23-13-19/h2-9,12-13,18,22H,10-11,14-15H2,1H3/t18-,22+/m1/s1. The molecule has 2 atom stereocenters. The van der Waals surface area contributed by atoms with Crippen molar-refractivity contribution in [1.29, 1.82) is 0 Å². The monoisotopic (exact) mass is 329 g/mol. The molecule has 1 aromatic heterocycles.